The molecule has 0 amide bonds. The van der Waals surface area contributed by atoms with Crippen LogP contribution in [0.25, 0.3) is 0 Å². The largest absolute Gasteiger partial charge is 0.387 e. The molecule has 1 unspecified atom stereocenters. The first-order valence-electron chi connectivity index (χ1n) is 3.86. The molecule has 0 fully saturated rings. The average molecular weight is 141 g/mol. The predicted octanol–water partition coefficient (Wildman–Crippen LogP) is 0.677. The van der Waals surface area contributed by atoms with Gasteiger partial charge in [-0.2, -0.15) is 0 Å². The molecule has 1 rings (SSSR count). The molecule has 10 heavy (non-hydrogen) atoms. The summed E-state index contributed by atoms with van der Waals surface area (Å²) in [6.07, 6.45) is 5.37. The van der Waals surface area contributed by atoms with Crippen molar-refractivity contribution in [2.75, 3.05) is 13.6 Å². The van der Waals surface area contributed by atoms with Gasteiger partial charge in [0, 0.05) is 6.54 Å². The van der Waals surface area contributed by atoms with E-state index in [1.54, 1.807) is 0 Å². The molecule has 1 aliphatic rings. The van der Waals surface area contributed by atoms with Gasteiger partial charge in [-0.15, -0.1) is 0 Å². The first-order valence-corrected chi connectivity index (χ1v) is 3.86. The Morgan fingerprint density at radius 1 is 1.80 bits per heavy atom. The van der Waals surface area contributed by atoms with Crippen molar-refractivity contribution >= 4 is 0 Å². The Morgan fingerprint density at radius 3 is 3.10 bits per heavy atom. The van der Waals surface area contributed by atoms with Crippen LogP contribution in [0, 0.1) is 0 Å². The Bertz CT molecular complexity index is 131. The average Bonchev–Trinajstić information content (AvgIpc) is 2.38. The lowest BCUT2D eigenvalue weighted by Gasteiger charge is -2.09. The minimum Gasteiger partial charge on any atom is -0.387 e. The third kappa shape index (κ3) is 1.82. The summed E-state index contributed by atoms with van der Waals surface area (Å²) < 4.78 is 0. The molecule has 2 heteroatoms. The molecule has 0 saturated heterocycles. The fourth-order valence-corrected chi connectivity index (χ4v) is 1.32. The van der Waals surface area contributed by atoms with Gasteiger partial charge in [0.2, 0.25) is 0 Å². The van der Waals surface area contributed by atoms with Crippen molar-refractivity contribution in [3.05, 3.63) is 11.6 Å². The van der Waals surface area contributed by atoms with E-state index in [-0.39, 0.29) is 6.10 Å². The van der Waals surface area contributed by atoms with Crippen molar-refractivity contribution in [2.45, 2.75) is 25.4 Å². The van der Waals surface area contributed by atoms with Crippen LogP contribution in [-0.2, 0) is 0 Å². The van der Waals surface area contributed by atoms with Crippen LogP contribution in [0.1, 0.15) is 19.3 Å². The van der Waals surface area contributed by atoms with E-state index < -0.39 is 0 Å². The maximum atomic E-state index is 9.42. The minimum atomic E-state index is -0.243. The summed E-state index contributed by atoms with van der Waals surface area (Å²) in [5.41, 5.74) is 1.22. The van der Waals surface area contributed by atoms with E-state index in [2.05, 4.69) is 11.4 Å². The Kier molecular flexibility index (Phi) is 2.90. The van der Waals surface area contributed by atoms with Crippen LogP contribution in [0.2, 0.25) is 0 Å². The zero-order valence-electron chi connectivity index (χ0n) is 6.43. The van der Waals surface area contributed by atoms with Crippen molar-refractivity contribution in [1.29, 1.82) is 0 Å². The molecule has 1 aliphatic carbocycles. The van der Waals surface area contributed by atoms with E-state index in [9.17, 15) is 5.11 Å². The minimum absolute atomic E-state index is 0.243. The Hall–Kier alpha value is -0.340. The molecular formula is C8H15NO. The van der Waals surface area contributed by atoms with Gasteiger partial charge in [0.15, 0.2) is 0 Å². The number of aliphatic hydroxyl groups is 1. The summed E-state index contributed by atoms with van der Waals surface area (Å²) in [6.45, 7) is 0.686. The van der Waals surface area contributed by atoms with Gasteiger partial charge in [-0.3, -0.25) is 0 Å². The van der Waals surface area contributed by atoms with Crippen LogP contribution >= 0.6 is 0 Å². The summed E-state index contributed by atoms with van der Waals surface area (Å²) in [7, 11) is 1.86. The van der Waals surface area contributed by atoms with E-state index in [1.165, 1.54) is 12.0 Å². The third-order valence-electron chi connectivity index (χ3n) is 1.90. The second-order valence-corrected chi connectivity index (χ2v) is 2.74. The predicted molar refractivity (Wildman–Crippen MR) is 41.9 cm³/mol. The van der Waals surface area contributed by atoms with E-state index in [4.69, 9.17) is 0 Å². The highest BCUT2D eigenvalue weighted by Crippen LogP contribution is 2.20. The molecule has 0 radical (unpaired) electrons. The van der Waals surface area contributed by atoms with E-state index in [0.717, 1.165) is 12.8 Å². The van der Waals surface area contributed by atoms with E-state index in [0.29, 0.717) is 6.54 Å². The molecule has 0 aromatic carbocycles. The highest BCUT2D eigenvalue weighted by Gasteiger charge is 2.12. The van der Waals surface area contributed by atoms with E-state index in [1.807, 2.05) is 7.05 Å². The van der Waals surface area contributed by atoms with Crippen molar-refractivity contribution in [3.63, 3.8) is 0 Å². The lowest BCUT2D eigenvalue weighted by Crippen LogP contribution is -2.24. The number of hydrogen-bond donors (Lipinski definition) is 2. The highest BCUT2D eigenvalue weighted by molar-refractivity contribution is 5.12. The second-order valence-electron chi connectivity index (χ2n) is 2.74. The number of nitrogens with one attached hydrogen (secondary N) is 1. The molecule has 0 bridgehead atoms. The summed E-state index contributed by atoms with van der Waals surface area (Å²) in [5, 5.41) is 12.4. The number of rotatable bonds is 3. The smallest absolute Gasteiger partial charge is 0.0874 e. The van der Waals surface area contributed by atoms with Crippen LogP contribution in [-0.4, -0.2) is 24.8 Å². The van der Waals surface area contributed by atoms with Crippen LogP contribution < -0.4 is 5.32 Å². The lowest BCUT2D eigenvalue weighted by atomic mass is 10.1. The van der Waals surface area contributed by atoms with Crippen molar-refractivity contribution < 1.29 is 5.11 Å². The second kappa shape index (κ2) is 3.74. The molecule has 0 saturated carbocycles. The van der Waals surface area contributed by atoms with Crippen molar-refractivity contribution in [3.8, 4) is 0 Å². The summed E-state index contributed by atoms with van der Waals surface area (Å²) in [5.74, 6) is 0. The monoisotopic (exact) mass is 141 g/mol. The molecule has 0 aromatic rings. The Morgan fingerprint density at radius 2 is 2.60 bits per heavy atom. The van der Waals surface area contributed by atoms with Gasteiger partial charge in [-0.25, -0.2) is 0 Å². The van der Waals surface area contributed by atoms with Crippen molar-refractivity contribution in [1.82, 2.24) is 5.32 Å². The molecular weight excluding hydrogens is 126 g/mol. The Balaban J connectivity index is 2.32. The normalized spacial score (nSPS) is 20.8. The summed E-state index contributed by atoms with van der Waals surface area (Å²) in [6, 6.07) is 0. The molecule has 0 aromatic heterocycles. The third-order valence-corrected chi connectivity index (χ3v) is 1.90. The fourth-order valence-electron chi connectivity index (χ4n) is 1.32. The van der Waals surface area contributed by atoms with Crippen LogP contribution in [0.5, 0.6) is 0 Å². The maximum absolute atomic E-state index is 9.42. The lowest BCUT2D eigenvalue weighted by molar-refractivity contribution is 0.207. The van der Waals surface area contributed by atoms with Gasteiger partial charge >= 0.3 is 0 Å². The van der Waals surface area contributed by atoms with Crippen LogP contribution in [0.4, 0.5) is 0 Å². The summed E-state index contributed by atoms with van der Waals surface area (Å²) >= 11 is 0. The van der Waals surface area contributed by atoms with Gasteiger partial charge in [0.25, 0.3) is 0 Å². The first kappa shape index (κ1) is 7.76. The molecule has 0 aliphatic heterocycles. The quantitative estimate of drug-likeness (QED) is 0.566. The van der Waals surface area contributed by atoms with Gasteiger partial charge in [-0.05, 0) is 31.9 Å². The van der Waals surface area contributed by atoms with Gasteiger partial charge in [-0.1, -0.05) is 6.08 Å². The number of likely N-dealkylation sites (N-methyl/N-ethyl adjacent to an activating group) is 1. The van der Waals surface area contributed by atoms with Gasteiger partial charge in [0.1, 0.15) is 0 Å². The SMILES string of the molecule is CNCC(O)C1=CCCC1. The molecule has 1 atom stereocenters. The molecule has 2 N–H and O–H groups in total. The standard InChI is InChI=1S/C8H15NO/c1-9-6-8(10)7-4-2-3-5-7/h4,8-10H,2-3,5-6H2,1H3. The Labute approximate surface area is 61.9 Å². The maximum Gasteiger partial charge on any atom is 0.0874 e. The highest BCUT2D eigenvalue weighted by atomic mass is 16.3. The number of hydrogen-bond acceptors (Lipinski definition) is 2. The molecule has 58 valence electrons. The molecule has 0 spiro atoms. The van der Waals surface area contributed by atoms with Crippen LogP contribution in [0.15, 0.2) is 11.6 Å². The molecule has 0 heterocycles. The van der Waals surface area contributed by atoms with Crippen LogP contribution in [0.3, 0.4) is 0 Å². The topological polar surface area (TPSA) is 32.3 Å². The van der Waals surface area contributed by atoms with Gasteiger partial charge in [0.05, 0.1) is 6.10 Å². The number of aliphatic hydroxyl groups excluding tert-OH is 1. The first-order chi connectivity index (χ1) is 4.84. The zero-order valence-corrected chi connectivity index (χ0v) is 6.43. The van der Waals surface area contributed by atoms with Gasteiger partial charge < -0.3 is 10.4 Å². The summed E-state index contributed by atoms with van der Waals surface area (Å²) in [4.78, 5) is 0. The molecule has 2 nitrogen and oxygen atoms in total. The fraction of sp³-hybridized carbons (Fsp3) is 0.750. The van der Waals surface area contributed by atoms with Crippen molar-refractivity contribution in [2.24, 2.45) is 0 Å². The van der Waals surface area contributed by atoms with E-state index >= 15 is 0 Å². The zero-order chi connectivity index (χ0) is 7.40. The number of allylic oxidation sites excluding steroid dienone is 1.